The minimum Gasteiger partial charge on any atom is -0.496 e. The molecule has 2 rings (SSSR count). The van der Waals surface area contributed by atoms with Crippen LogP contribution in [0.4, 0.5) is 5.95 Å². The van der Waals surface area contributed by atoms with Gasteiger partial charge in [0, 0.05) is 38.1 Å². The highest BCUT2D eigenvalue weighted by Crippen LogP contribution is 2.18. The van der Waals surface area contributed by atoms with Crippen molar-refractivity contribution in [2.24, 2.45) is 0 Å². The first-order valence-corrected chi connectivity index (χ1v) is 8.71. The standard InChI is InChI=1S/C19H26N4O3/c1-4-26-11-7-10-20-18(24)16-13-22-19(23-14(16)2)21-12-15-8-5-6-9-17(15)25-3/h5-6,8-9,13H,4,7,10-12H2,1-3H3,(H,20,24)(H,21,22,23). The van der Waals surface area contributed by atoms with Crippen molar-refractivity contribution in [2.75, 3.05) is 32.2 Å². The third-order valence-electron chi connectivity index (χ3n) is 3.81. The van der Waals surface area contributed by atoms with Crippen molar-refractivity contribution in [1.29, 1.82) is 0 Å². The molecule has 0 atom stereocenters. The van der Waals surface area contributed by atoms with Crippen LogP contribution in [-0.2, 0) is 11.3 Å². The average Bonchev–Trinajstić information content (AvgIpc) is 2.66. The van der Waals surface area contributed by atoms with Crippen LogP contribution in [0, 0.1) is 6.92 Å². The second-order valence-corrected chi connectivity index (χ2v) is 5.66. The second-order valence-electron chi connectivity index (χ2n) is 5.66. The maximum Gasteiger partial charge on any atom is 0.254 e. The summed E-state index contributed by atoms with van der Waals surface area (Å²) in [4.78, 5) is 20.8. The van der Waals surface area contributed by atoms with Gasteiger partial charge in [0.1, 0.15) is 5.75 Å². The molecule has 0 aliphatic rings. The first kappa shape index (κ1) is 19.7. The van der Waals surface area contributed by atoms with E-state index in [0.29, 0.717) is 43.5 Å². The van der Waals surface area contributed by atoms with E-state index in [4.69, 9.17) is 9.47 Å². The van der Waals surface area contributed by atoms with Crippen LogP contribution in [0.2, 0.25) is 0 Å². The van der Waals surface area contributed by atoms with Crippen LogP contribution in [0.5, 0.6) is 5.75 Å². The molecule has 0 saturated carbocycles. The molecule has 1 aromatic heterocycles. The number of nitrogens with zero attached hydrogens (tertiary/aromatic N) is 2. The number of benzene rings is 1. The van der Waals surface area contributed by atoms with E-state index in [2.05, 4.69) is 20.6 Å². The van der Waals surface area contributed by atoms with Crippen LogP contribution < -0.4 is 15.4 Å². The average molecular weight is 358 g/mol. The van der Waals surface area contributed by atoms with Crippen molar-refractivity contribution in [1.82, 2.24) is 15.3 Å². The number of nitrogens with one attached hydrogen (secondary N) is 2. The third-order valence-corrected chi connectivity index (χ3v) is 3.81. The molecule has 1 aromatic carbocycles. The predicted octanol–water partition coefficient (Wildman–Crippen LogP) is 2.56. The van der Waals surface area contributed by atoms with Gasteiger partial charge in [0.25, 0.3) is 5.91 Å². The molecule has 0 unspecified atom stereocenters. The number of para-hydroxylation sites is 1. The molecule has 0 saturated heterocycles. The van der Waals surface area contributed by atoms with E-state index in [1.54, 1.807) is 20.2 Å². The molecule has 0 aliphatic carbocycles. The van der Waals surface area contributed by atoms with E-state index in [-0.39, 0.29) is 5.91 Å². The molecule has 0 fully saturated rings. The first-order valence-electron chi connectivity index (χ1n) is 8.71. The van der Waals surface area contributed by atoms with Gasteiger partial charge in [-0.1, -0.05) is 18.2 Å². The molecule has 1 amide bonds. The van der Waals surface area contributed by atoms with Crippen LogP contribution in [-0.4, -0.2) is 42.7 Å². The van der Waals surface area contributed by atoms with Crippen molar-refractivity contribution >= 4 is 11.9 Å². The number of ether oxygens (including phenoxy) is 2. The Bertz CT molecular complexity index is 722. The largest absolute Gasteiger partial charge is 0.496 e. The third kappa shape index (κ3) is 5.70. The van der Waals surface area contributed by atoms with Gasteiger partial charge in [0.15, 0.2) is 0 Å². The Morgan fingerprint density at radius 1 is 1.27 bits per heavy atom. The quantitative estimate of drug-likeness (QED) is 0.635. The Labute approximate surface area is 154 Å². The Hall–Kier alpha value is -2.67. The van der Waals surface area contributed by atoms with Gasteiger partial charge in [0.05, 0.1) is 18.4 Å². The topological polar surface area (TPSA) is 85.4 Å². The molecule has 0 aliphatic heterocycles. The summed E-state index contributed by atoms with van der Waals surface area (Å²) in [6, 6.07) is 7.75. The molecule has 0 bridgehead atoms. The van der Waals surface area contributed by atoms with Crippen LogP contribution in [0.3, 0.4) is 0 Å². The van der Waals surface area contributed by atoms with E-state index in [0.717, 1.165) is 17.7 Å². The van der Waals surface area contributed by atoms with Crippen molar-refractivity contribution in [2.45, 2.75) is 26.8 Å². The highest BCUT2D eigenvalue weighted by Gasteiger charge is 2.11. The van der Waals surface area contributed by atoms with E-state index in [1.165, 1.54) is 0 Å². The SMILES string of the molecule is CCOCCCNC(=O)c1cnc(NCc2ccccc2OC)nc1C. The summed E-state index contributed by atoms with van der Waals surface area (Å²) in [6.45, 7) is 6.16. The van der Waals surface area contributed by atoms with Gasteiger partial charge in [-0.25, -0.2) is 9.97 Å². The number of aromatic nitrogens is 2. The van der Waals surface area contributed by atoms with Crippen molar-refractivity contribution in [3.05, 3.63) is 47.3 Å². The Morgan fingerprint density at radius 3 is 2.81 bits per heavy atom. The van der Waals surface area contributed by atoms with E-state index >= 15 is 0 Å². The molecule has 7 nitrogen and oxygen atoms in total. The first-order chi connectivity index (χ1) is 12.7. The fourth-order valence-corrected chi connectivity index (χ4v) is 2.41. The second kappa shape index (κ2) is 10.4. The van der Waals surface area contributed by atoms with Crippen molar-refractivity contribution in [3.8, 4) is 5.75 Å². The summed E-state index contributed by atoms with van der Waals surface area (Å²) in [5, 5.41) is 6.01. The maximum absolute atomic E-state index is 12.2. The lowest BCUT2D eigenvalue weighted by Gasteiger charge is -2.11. The zero-order valence-electron chi connectivity index (χ0n) is 15.5. The molecule has 2 N–H and O–H groups in total. The summed E-state index contributed by atoms with van der Waals surface area (Å²) in [5.41, 5.74) is 2.11. The number of carbonyl (C=O) groups is 1. The van der Waals surface area contributed by atoms with Gasteiger partial charge in [-0.05, 0) is 26.3 Å². The van der Waals surface area contributed by atoms with E-state index in [9.17, 15) is 4.79 Å². The van der Waals surface area contributed by atoms with Crippen LogP contribution in [0.25, 0.3) is 0 Å². The number of aryl methyl sites for hydroxylation is 1. The number of hydrogen-bond donors (Lipinski definition) is 2. The van der Waals surface area contributed by atoms with E-state index in [1.807, 2.05) is 31.2 Å². The Kier molecular flexibility index (Phi) is 7.82. The molecule has 26 heavy (non-hydrogen) atoms. The minimum absolute atomic E-state index is 0.171. The van der Waals surface area contributed by atoms with Gasteiger partial charge < -0.3 is 20.1 Å². The number of amides is 1. The fourth-order valence-electron chi connectivity index (χ4n) is 2.41. The predicted molar refractivity (Wildman–Crippen MR) is 101 cm³/mol. The molecular formula is C19H26N4O3. The van der Waals surface area contributed by atoms with Crippen LogP contribution in [0.1, 0.15) is 35.0 Å². The molecule has 2 aromatic rings. The lowest BCUT2D eigenvalue weighted by atomic mass is 10.2. The normalized spacial score (nSPS) is 10.4. The summed E-state index contributed by atoms with van der Waals surface area (Å²) >= 11 is 0. The molecule has 0 radical (unpaired) electrons. The molecule has 7 heteroatoms. The van der Waals surface area contributed by atoms with Gasteiger partial charge in [0.2, 0.25) is 5.95 Å². The number of rotatable bonds is 10. The van der Waals surface area contributed by atoms with Gasteiger partial charge in [-0.3, -0.25) is 4.79 Å². The molecule has 0 spiro atoms. The maximum atomic E-state index is 12.2. The molecule has 140 valence electrons. The molecule has 1 heterocycles. The molecular weight excluding hydrogens is 332 g/mol. The minimum atomic E-state index is -0.171. The Morgan fingerprint density at radius 2 is 2.08 bits per heavy atom. The summed E-state index contributed by atoms with van der Waals surface area (Å²) in [5.74, 6) is 1.11. The van der Waals surface area contributed by atoms with Gasteiger partial charge in [-0.15, -0.1) is 0 Å². The highest BCUT2D eigenvalue weighted by atomic mass is 16.5. The lowest BCUT2D eigenvalue weighted by Crippen LogP contribution is -2.26. The number of methoxy groups -OCH3 is 1. The monoisotopic (exact) mass is 358 g/mol. The van der Waals surface area contributed by atoms with Crippen LogP contribution in [0.15, 0.2) is 30.5 Å². The summed E-state index contributed by atoms with van der Waals surface area (Å²) in [6.07, 6.45) is 2.32. The van der Waals surface area contributed by atoms with Crippen LogP contribution >= 0.6 is 0 Å². The summed E-state index contributed by atoms with van der Waals surface area (Å²) in [7, 11) is 1.64. The van der Waals surface area contributed by atoms with Gasteiger partial charge in [-0.2, -0.15) is 0 Å². The lowest BCUT2D eigenvalue weighted by molar-refractivity contribution is 0.0943. The zero-order valence-corrected chi connectivity index (χ0v) is 15.5. The number of anilines is 1. The number of hydrogen-bond acceptors (Lipinski definition) is 6. The fraction of sp³-hybridized carbons (Fsp3) is 0.421. The zero-order chi connectivity index (χ0) is 18.8. The smallest absolute Gasteiger partial charge is 0.254 e. The van der Waals surface area contributed by atoms with Crippen molar-refractivity contribution < 1.29 is 14.3 Å². The highest BCUT2D eigenvalue weighted by molar-refractivity contribution is 5.94. The van der Waals surface area contributed by atoms with E-state index < -0.39 is 0 Å². The summed E-state index contributed by atoms with van der Waals surface area (Å²) < 4.78 is 10.6. The van der Waals surface area contributed by atoms with Crippen molar-refractivity contribution in [3.63, 3.8) is 0 Å². The number of carbonyl (C=O) groups excluding carboxylic acids is 1. The van der Waals surface area contributed by atoms with Gasteiger partial charge >= 0.3 is 0 Å². The Balaban J connectivity index is 1.91.